The fourth-order valence-electron chi connectivity index (χ4n) is 2.18. The predicted octanol–water partition coefficient (Wildman–Crippen LogP) is 1.41. The number of nitrogens with zero attached hydrogens (tertiary/aromatic N) is 2. The average molecular weight is 204 g/mol. The van der Waals surface area contributed by atoms with Crippen molar-refractivity contribution in [3.05, 3.63) is 0 Å². The van der Waals surface area contributed by atoms with Crippen LogP contribution in [0, 0.1) is 35.0 Å². The molecule has 0 aromatic rings. The SMILES string of the molecule is C#CCN(CC)C(=O)C1(C#N)CC(C)C1. The second-order valence-corrected chi connectivity index (χ2v) is 4.23. The van der Waals surface area contributed by atoms with Crippen LogP contribution in [0.5, 0.6) is 0 Å². The largest absolute Gasteiger partial charge is 0.330 e. The van der Waals surface area contributed by atoms with E-state index in [9.17, 15) is 4.79 Å². The Morgan fingerprint density at radius 1 is 1.67 bits per heavy atom. The summed E-state index contributed by atoms with van der Waals surface area (Å²) >= 11 is 0. The van der Waals surface area contributed by atoms with E-state index < -0.39 is 5.41 Å². The highest BCUT2D eigenvalue weighted by Crippen LogP contribution is 2.46. The first-order valence-electron chi connectivity index (χ1n) is 5.23. The molecule has 0 heterocycles. The zero-order valence-corrected chi connectivity index (χ0v) is 9.29. The topological polar surface area (TPSA) is 44.1 Å². The van der Waals surface area contributed by atoms with Crippen LogP contribution in [0.15, 0.2) is 0 Å². The molecule has 0 atom stereocenters. The molecule has 1 aliphatic carbocycles. The van der Waals surface area contributed by atoms with E-state index >= 15 is 0 Å². The Bertz CT molecular complexity index is 329. The summed E-state index contributed by atoms with van der Waals surface area (Å²) in [5, 5.41) is 9.09. The van der Waals surface area contributed by atoms with Gasteiger partial charge in [0.05, 0.1) is 12.6 Å². The van der Waals surface area contributed by atoms with Gasteiger partial charge in [0, 0.05) is 6.54 Å². The lowest BCUT2D eigenvalue weighted by molar-refractivity contribution is -0.144. The maximum Gasteiger partial charge on any atom is 0.243 e. The molecule has 0 radical (unpaired) electrons. The molecule has 0 saturated heterocycles. The van der Waals surface area contributed by atoms with Gasteiger partial charge in [-0.1, -0.05) is 12.8 Å². The van der Waals surface area contributed by atoms with E-state index in [2.05, 4.69) is 18.9 Å². The quantitative estimate of drug-likeness (QED) is 0.652. The molecule has 80 valence electrons. The predicted molar refractivity (Wildman–Crippen MR) is 57.5 cm³/mol. The lowest BCUT2D eigenvalue weighted by atomic mass is 9.62. The van der Waals surface area contributed by atoms with Crippen molar-refractivity contribution in [1.82, 2.24) is 4.90 Å². The number of nitriles is 1. The third kappa shape index (κ3) is 1.97. The molecule has 1 amide bonds. The maximum atomic E-state index is 12.1. The van der Waals surface area contributed by atoms with Gasteiger partial charge in [-0.2, -0.15) is 5.26 Å². The van der Waals surface area contributed by atoms with E-state index in [-0.39, 0.29) is 5.91 Å². The van der Waals surface area contributed by atoms with Gasteiger partial charge in [-0.25, -0.2) is 0 Å². The van der Waals surface area contributed by atoms with Gasteiger partial charge in [-0.15, -0.1) is 6.42 Å². The summed E-state index contributed by atoms with van der Waals surface area (Å²) in [6.07, 6.45) is 6.53. The van der Waals surface area contributed by atoms with E-state index in [0.717, 1.165) is 0 Å². The Kier molecular flexibility index (Phi) is 3.37. The Hall–Kier alpha value is -1.48. The number of hydrogen-bond donors (Lipinski definition) is 0. The van der Waals surface area contributed by atoms with E-state index in [1.165, 1.54) is 0 Å². The first-order chi connectivity index (χ1) is 7.09. The van der Waals surface area contributed by atoms with Gasteiger partial charge >= 0.3 is 0 Å². The molecule has 1 rings (SSSR count). The van der Waals surface area contributed by atoms with Gasteiger partial charge < -0.3 is 4.90 Å². The number of amides is 1. The van der Waals surface area contributed by atoms with E-state index in [0.29, 0.717) is 31.8 Å². The molecule has 1 aliphatic rings. The molecule has 3 heteroatoms. The molecule has 0 aromatic heterocycles. The fourth-order valence-corrected chi connectivity index (χ4v) is 2.18. The van der Waals surface area contributed by atoms with Crippen LogP contribution in [-0.2, 0) is 4.79 Å². The molecule has 0 aliphatic heterocycles. The minimum absolute atomic E-state index is 0.0939. The molecule has 0 bridgehead atoms. The average Bonchev–Trinajstić information content (AvgIpc) is 2.20. The summed E-state index contributed by atoms with van der Waals surface area (Å²) in [7, 11) is 0. The fraction of sp³-hybridized carbons (Fsp3) is 0.667. The number of hydrogen-bond acceptors (Lipinski definition) is 2. The van der Waals surface area contributed by atoms with Crippen molar-refractivity contribution in [3.8, 4) is 18.4 Å². The Balaban J connectivity index is 2.75. The molecule has 0 N–H and O–H groups in total. The first-order valence-corrected chi connectivity index (χ1v) is 5.23. The molecule has 0 spiro atoms. The third-order valence-electron chi connectivity index (χ3n) is 2.97. The summed E-state index contributed by atoms with van der Waals surface area (Å²) in [6, 6.07) is 2.16. The molecular weight excluding hydrogens is 188 g/mol. The van der Waals surface area contributed by atoms with Gasteiger partial charge in [0.15, 0.2) is 0 Å². The van der Waals surface area contributed by atoms with Crippen molar-refractivity contribution in [2.24, 2.45) is 11.3 Å². The van der Waals surface area contributed by atoms with E-state index in [1.54, 1.807) is 4.90 Å². The number of carbonyl (C=O) groups excluding carboxylic acids is 1. The minimum Gasteiger partial charge on any atom is -0.330 e. The van der Waals surface area contributed by atoms with Crippen molar-refractivity contribution in [2.75, 3.05) is 13.1 Å². The summed E-state index contributed by atoms with van der Waals surface area (Å²) in [5.41, 5.74) is -0.785. The monoisotopic (exact) mass is 204 g/mol. The van der Waals surface area contributed by atoms with Crippen molar-refractivity contribution in [3.63, 3.8) is 0 Å². The van der Waals surface area contributed by atoms with E-state index in [1.807, 2.05) is 6.92 Å². The van der Waals surface area contributed by atoms with Crippen molar-refractivity contribution in [1.29, 1.82) is 5.26 Å². The summed E-state index contributed by atoms with van der Waals surface area (Å²) in [5.74, 6) is 2.83. The van der Waals surface area contributed by atoms with Crippen LogP contribution in [0.3, 0.4) is 0 Å². The molecule has 1 saturated carbocycles. The second-order valence-electron chi connectivity index (χ2n) is 4.23. The normalized spacial score (nSPS) is 28.4. The first kappa shape index (κ1) is 11.6. The van der Waals surface area contributed by atoms with Gasteiger partial charge in [0.25, 0.3) is 0 Å². The van der Waals surface area contributed by atoms with Gasteiger partial charge in [-0.05, 0) is 25.7 Å². The molecule has 0 unspecified atom stereocenters. The third-order valence-corrected chi connectivity index (χ3v) is 2.97. The number of rotatable bonds is 3. The standard InChI is InChI=1S/C12H16N2O/c1-4-6-14(5-2)11(15)12(9-13)7-10(3)8-12/h1,10H,5-8H2,2-3H3. The Morgan fingerprint density at radius 2 is 2.27 bits per heavy atom. The van der Waals surface area contributed by atoms with Crippen molar-refractivity contribution in [2.45, 2.75) is 26.7 Å². The highest BCUT2D eigenvalue weighted by atomic mass is 16.2. The minimum atomic E-state index is -0.785. The number of carbonyl (C=O) groups is 1. The maximum absolute atomic E-state index is 12.1. The Morgan fingerprint density at radius 3 is 2.60 bits per heavy atom. The summed E-state index contributed by atoms with van der Waals surface area (Å²) < 4.78 is 0. The van der Waals surface area contributed by atoms with Gasteiger partial charge in [0.2, 0.25) is 5.91 Å². The van der Waals surface area contributed by atoms with Crippen LogP contribution in [0.2, 0.25) is 0 Å². The second kappa shape index (κ2) is 4.36. The zero-order chi connectivity index (χ0) is 11.5. The number of terminal acetylenes is 1. The summed E-state index contributed by atoms with van der Waals surface area (Å²) in [4.78, 5) is 13.6. The zero-order valence-electron chi connectivity index (χ0n) is 9.29. The van der Waals surface area contributed by atoms with Gasteiger partial charge in [0.1, 0.15) is 5.41 Å². The molecule has 3 nitrogen and oxygen atoms in total. The molecular formula is C12H16N2O. The van der Waals surface area contributed by atoms with Crippen molar-refractivity contribution < 1.29 is 4.79 Å². The molecule has 1 fully saturated rings. The van der Waals surface area contributed by atoms with E-state index in [4.69, 9.17) is 11.7 Å². The highest BCUT2D eigenvalue weighted by Gasteiger charge is 2.50. The van der Waals surface area contributed by atoms with Crippen LogP contribution in [0.4, 0.5) is 0 Å². The lowest BCUT2D eigenvalue weighted by Crippen LogP contribution is -2.50. The van der Waals surface area contributed by atoms with Crippen LogP contribution >= 0.6 is 0 Å². The summed E-state index contributed by atoms with van der Waals surface area (Å²) in [6.45, 7) is 4.80. The van der Waals surface area contributed by atoms with Crippen molar-refractivity contribution >= 4 is 5.91 Å². The smallest absolute Gasteiger partial charge is 0.243 e. The lowest BCUT2D eigenvalue weighted by Gasteiger charge is -2.41. The Labute approximate surface area is 91.1 Å². The molecule has 0 aromatic carbocycles. The van der Waals surface area contributed by atoms with Crippen LogP contribution in [0.1, 0.15) is 26.7 Å². The van der Waals surface area contributed by atoms with Crippen LogP contribution < -0.4 is 0 Å². The van der Waals surface area contributed by atoms with Crippen LogP contribution in [0.25, 0.3) is 0 Å². The molecule has 15 heavy (non-hydrogen) atoms. The highest BCUT2D eigenvalue weighted by molar-refractivity contribution is 5.86. The van der Waals surface area contributed by atoms with Crippen LogP contribution in [-0.4, -0.2) is 23.9 Å². The van der Waals surface area contributed by atoms with Gasteiger partial charge in [-0.3, -0.25) is 4.79 Å².